The Kier molecular flexibility index (Phi) is 4.63. The first kappa shape index (κ1) is 14.4. The van der Waals surface area contributed by atoms with Crippen LogP contribution < -0.4 is 10.9 Å². The van der Waals surface area contributed by atoms with Gasteiger partial charge in [-0.2, -0.15) is 5.10 Å². The van der Waals surface area contributed by atoms with Gasteiger partial charge in [-0.15, -0.1) is 0 Å². The molecule has 0 saturated heterocycles. The predicted molar refractivity (Wildman–Crippen MR) is 76.1 cm³/mol. The van der Waals surface area contributed by atoms with E-state index in [1.54, 1.807) is 24.4 Å². The molecule has 0 aliphatic rings. The number of nitrogens with one attached hydrogen (secondary N) is 1. The van der Waals surface area contributed by atoms with Gasteiger partial charge in [0, 0.05) is 11.6 Å². The maximum atomic E-state index is 13.9. The van der Waals surface area contributed by atoms with Gasteiger partial charge >= 0.3 is 0 Å². The summed E-state index contributed by atoms with van der Waals surface area (Å²) >= 11 is 0. The molecule has 2 aromatic rings. The van der Waals surface area contributed by atoms with Gasteiger partial charge in [0.25, 0.3) is 5.56 Å². The zero-order valence-corrected chi connectivity index (χ0v) is 11.6. The second-order valence-corrected chi connectivity index (χ2v) is 4.69. The van der Waals surface area contributed by atoms with Gasteiger partial charge in [0.05, 0.1) is 18.8 Å². The zero-order chi connectivity index (χ0) is 14.5. The van der Waals surface area contributed by atoms with Crippen LogP contribution in [0.1, 0.15) is 24.1 Å². The van der Waals surface area contributed by atoms with Crippen LogP contribution in [0.2, 0.25) is 0 Å². The van der Waals surface area contributed by atoms with Gasteiger partial charge in [-0.25, -0.2) is 9.07 Å². The Morgan fingerprint density at radius 1 is 1.40 bits per heavy atom. The second-order valence-electron chi connectivity index (χ2n) is 4.69. The molecular weight excluding hydrogens is 257 g/mol. The van der Waals surface area contributed by atoms with Crippen molar-refractivity contribution >= 4 is 0 Å². The van der Waals surface area contributed by atoms with E-state index in [1.807, 2.05) is 13.8 Å². The van der Waals surface area contributed by atoms with Crippen molar-refractivity contribution in [3.05, 3.63) is 63.8 Å². The number of halogens is 1. The molecule has 0 saturated carbocycles. The molecule has 0 aliphatic heterocycles. The number of rotatable bonds is 5. The van der Waals surface area contributed by atoms with E-state index in [9.17, 15) is 9.18 Å². The summed E-state index contributed by atoms with van der Waals surface area (Å²) in [6, 6.07) is 7.82. The van der Waals surface area contributed by atoms with Crippen LogP contribution in [0.3, 0.4) is 0 Å². The van der Waals surface area contributed by atoms with Gasteiger partial charge in [0.15, 0.2) is 0 Å². The van der Waals surface area contributed by atoms with Crippen LogP contribution in [0.25, 0.3) is 0 Å². The number of likely N-dealkylation sites (N-methyl/N-ethyl adjacent to an activating group) is 1. The Hall–Kier alpha value is -2.01. The summed E-state index contributed by atoms with van der Waals surface area (Å²) in [4.78, 5) is 11.9. The fourth-order valence-electron chi connectivity index (χ4n) is 2.11. The fraction of sp³-hybridized carbons (Fsp3) is 0.333. The van der Waals surface area contributed by atoms with Crippen molar-refractivity contribution in [1.82, 2.24) is 15.1 Å². The quantitative estimate of drug-likeness (QED) is 0.908. The standard InChI is InChI=1S/C15H18FN3O/c1-3-17-14(12-6-4-5-7-13(12)16)10-19-15(20)8-11(2)9-18-19/h4-9,14,17H,3,10H2,1-2H3. The molecule has 0 radical (unpaired) electrons. The molecule has 20 heavy (non-hydrogen) atoms. The van der Waals surface area contributed by atoms with Crippen molar-refractivity contribution in [2.75, 3.05) is 6.54 Å². The molecule has 1 unspecified atom stereocenters. The molecule has 1 aromatic carbocycles. The predicted octanol–water partition coefficient (Wildman–Crippen LogP) is 2.04. The second kappa shape index (κ2) is 6.43. The number of hydrogen-bond donors (Lipinski definition) is 1. The van der Waals surface area contributed by atoms with Gasteiger partial charge in [-0.05, 0) is 25.1 Å². The lowest BCUT2D eigenvalue weighted by atomic mass is 10.1. The Bertz CT molecular complexity index is 639. The lowest BCUT2D eigenvalue weighted by Gasteiger charge is -2.19. The highest BCUT2D eigenvalue weighted by Crippen LogP contribution is 2.17. The maximum Gasteiger partial charge on any atom is 0.267 e. The van der Waals surface area contributed by atoms with E-state index in [4.69, 9.17) is 0 Å². The molecular formula is C15H18FN3O. The third kappa shape index (κ3) is 3.30. The Morgan fingerprint density at radius 2 is 2.15 bits per heavy atom. The minimum absolute atomic E-state index is 0.177. The lowest BCUT2D eigenvalue weighted by molar-refractivity contribution is 0.419. The highest BCUT2D eigenvalue weighted by atomic mass is 19.1. The van der Waals surface area contributed by atoms with Gasteiger partial charge < -0.3 is 5.32 Å². The molecule has 0 bridgehead atoms. The highest BCUT2D eigenvalue weighted by molar-refractivity contribution is 5.21. The summed E-state index contributed by atoms with van der Waals surface area (Å²) < 4.78 is 15.2. The lowest BCUT2D eigenvalue weighted by Crippen LogP contribution is -2.32. The van der Waals surface area contributed by atoms with Crippen molar-refractivity contribution in [3.8, 4) is 0 Å². The molecule has 4 nitrogen and oxygen atoms in total. The third-order valence-corrected chi connectivity index (χ3v) is 3.09. The summed E-state index contributed by atoms with van der Waals surface area (Å²) in [5.74, 6) is -0.279. The average molecular weight is 275 g/mol. The van der Waals surface area contributed by atoms with Gasteiger partial charge in [0.1, 0.15) is 5.82 Å². The van der Waals surface area contributed by atoms with Crippen LogP contribution in [0, 0.1) is 12.7 Å². The van der Waals surface area contributed by atoms with E-state index in [-0.39, 0.29) is 17.4 Å². The highest BCUT2D eigenvalue weighted by Gasteiger charge is 2.16. The molecule has 2 rings (SSSR count). The van der Waals surface area contributed by atoms with Crippen LogP contribution in [0.4, 0.5) is 4.39 Å². The van der Waals surface area contributed by atoms with E-state index < -0.39 is 0 Å². The van der Waals surface area contributed by atoms with Gasteiger partial charge in [-0.1, -0.05) is 25.1 Å². The van der Waals surface area contributed by atoms with Crippen LogP contribution in [-0.2, 0) is 6.54 Å². The molecule has 1 heterocycles. The number of hydrogen-bond acceptors (Lipinski definition) is 3. The average Bonchev–Trinajstić information content (AvgIpc) is 2.42. The zero-order valence-electron chi connectivity index (χ0n) is 11.6. The SMILES string of the molecule is CCNC(Cn1ncc(C)cc1=O)c1ccccc1F. The van der Waals surface area contributed by atoms with E-state index in [0.717, 1.165) is 5.56 Å². The van der Waals surface area contributed by atoms with Crippen molar-refractivity contribution < 1.29 is 4.39 Å². The molecule has 0 spiro atoms. The first-order valence-electron chi connectivity index (χ1n) is 6.63. The van der Waals surface area contributed by atoms with Crippen molar-refractivity contribution in [2.45, 2.75) is 26.4 Å². The number of aromatic nitrogens is 2. The molecule has 1 aromatic heterocycles. The number of aryl methyl sites for hydroxylation is 1. The topological polar surface area (TPSA) is 46.9 Å². The van der Waals surface area contributed by atoms with Crippen LogP contribution >= 0.6 is 0 Å². The van der Waals surface area contributed by atoms with E-state index >= 15 is 0 Å². The van der Waals surface area contributed by atoms with Gasteiger partial charge in [-0.3, -0.25) is 4.79 Å². The Labute approximate surface area is 117 Å². The van der Waals surface area contributed by atoms with Crippen molar-refractivity contribution in [3.63, 3.8) is 0 Å². The summed E-state index contributed by atoms with van der Waals surface area (Å²) in [6.45, 7) is 4.74. The smallest absolute Gasteiger partial charge is 0.267 e. The normalized spacial score (nSPS) is 12.3. The molecule has 5 heteroatoms. The molecule has 106 valence electrons. The summed E-state index contributed by atoms with van der Waals surface area (Å²) in [5.41, 5.74) is 1.19. The van der Waals surface area contributed by atoms with Crippen molar-refractivity contribution in [1.29, 1.82) is 0 Å². The summed E-state index contributed by atoms with van der Waals surface area (Å²) in [5, 5.41) is 7.29. The van der Waals surface area contributed by atoms with Crippen molar-refractivity contribution in [2.24, 2.45) is 0 Å². The molecule has 0 fully saturated rings. The van der Waals surface area contributed by atoms with Crippen LogP contribution in [-0.4, -0.2) is 16.3 Å². The summed E-state index contributed by atoms with van der Waals surface area (Å²) in [7, 11) is 0. The molecule has 1 N–H and O–H groups in total. The first-order chi connectivity index (χ1) is 9.61. The first-order valence-corrected chi connectivity index (χ1v) is 6.63. The third-order valence-electron chi connectivity index (χ3n) is 3.09. The number of nitrogens with zero attached hydrogens (tertiary/aromatic N) is 2. The van der Waals surface area contributed by atoms with Crippen LogP contribution in [0.5, 0.6) is 0 Å². The maximum absolute atomic E-state index is 13.9. The summed E-state index contributed by atoms with van der Waals surface area (Å²) in [6.07, 6.45) is 1.63. The Balaban J connectivity index is 2.30. The van der Waals surface area contributed by atoms with E-state index in [0.29, 0.717) is 18.7 Å². The van der Waals surface area contributed by atoms with E-state index in [1.165, 1.54) is 16.8 Å². The minimum Gasteiger partial charge on any atom is -0.309 e. The van der Waals surface area contributed by atoms with Crippen LogP contribution in [0.15, 0.2) is 41.3 Å². The molecule has 0 aliphatic carbocycles. The minimum atomic E-state index is -0.283. The van der Waals surface area contributed by atoms with E-state index in [2.05, 4.69) is 10.4 Å². The Morgan fingerprint density at radius 3 is 2.80 bits per heavy atom. The fourth-order valence-corrected chi connectivity index (χ4v) is 2.11. The number of benzene rings is 1. The molecule has 0 amide bonds. The monoisotopic (exact) mass is 275 g/mol. The van der Waals surface area contributed by atoms with Gasteiger partial charge in [0.2, 0.25) is 0 Å². The molecule has 1 atom stereocenters. The largest absolute Gasteiger partial charge is 0.309 e.